The second-order valence-corrected chi connectivity index (χ2v) is 7.75. The van der Waals surface area contributed by atoms with Crippen LogP contribution in [-0.4, -0.2) is 50.8 Å². The van der Waals surface area contributed by atoms with E-state index in [0.29, 0.717) is 22.5 Å². The first-order valence-corrected chi connectivity index (χ1v) is 10.3. The number of carboxylic acid groups (broad SMARTS) is 1. The molecular weight excluding hydrogens is 410 g/mol. The average Bonchev–Trinajstić information content (AvgIpc) is 3.22. The van der Waals surface area contributed by atoms with Crippen LogP contribution in [0.25, 0.3) is 16.9 Å². The van der Waals surface area contributed by atoms with Gasteiger partial charge in [0, 0.05) is 25.3 Å². The van der Waals surface area contributed by atoms with Gasteiger partial charge in [0.1, 0.15) is 6.07 Å². The SMILES string of the molecule is CNC(=O)c1cnc(-c2ccc3cc(C#N)cnn23)cc1N[C@H]1CC[C@H](NC(=O)O)CC1. The first kappa shape index (κ1) is 21.1. The van der Waals surface area contributed by atoms with Crippen molar-refractivity contribution in [2.24, 2.45) is 0 Å². The van der Waals surface area contributed by atoms with Gasteiger partial charge in [-0.3, -0.25) is 9.78 Å². The standard InChI is InChI=1S/C22H23N7O3/c1-24-21(30)17-12-25-19(20-7-6-16-8-13(10-23)11-26-29(16)20)9-18(17)27-14-2-4-15(5-3-14)28-22(31)32/h6-9,11-12,14-15,28H,2-5H2,1H3,(H,24,30)(H,25,27)(H,31,32)/t14-,15-. The van der Waals surface area contributed by atoms with E-state index in [9.17, 15) is 9.59 Å². The highest BCUT2D eigenvalue weighted by molar-refractivity contribution is 5.99. The van der Waals surface area contributed by atoms with Gasteiger partial charge in [-0.15, -0.1) is 0 Å². The van der Waals surface area contributed by atoms with Gasteiger partial charge in [-0.25, -0.2) is 9.31 Å². The Labute approximate surface area is 184 Å². The summed E-state index contributed by atoms with van der Waals surface area (Å²) in [5, 5.41) is 31.0. The van der Waals surface area contributed by atoms with Gasteiger partial charge in [0.05, 0.1) is 39.9 Å². The topological polar surface area (TPSA) is 144 Å². The fraction of sp³-hybridized carbons (Fsp3) is 0.318. The fourth-order valence-electron chi connectivity index (χ4n) is 4.06. The van der Waals surface area contributed by atoms with E-state index in [1.807, 2.05) is 18.2 Å². The Hall–Kier alpha value is -4.13. The molecule has 3 heterocycles. The van der Waals surface area contributed by atoms with Gasteiger partial charge in [0.2, 0.25) is 0 Å². The third-order valence-electron chi connectivity index (χ3n) is 5.68. The lowest BCUT2D eigenvalue weighted by Gasteiger charge is -2.30. The largest absolute Gasteiger partial charge is 0.465 e. The maximum absolute atomic E-state index is 12.4. The number of aromatic nitrogens is 3. The predicted octanol–water partition coefficient (Wildman–Crippen LogP) is 2.62. The normalized spacial score (nSPS) is 18.0. The van der Waals surface area contributed by atoms with E-state index in [1.54, 1.807) is 17.6 Å². The highest BCUT2D eigenvalue weighted by Gasteiger charge is 2.24. The van der Waals surface area contributed by atoms with E-state index >= 15 is 0 Å². The second kappa shape index (κ2) is 8.93. The molecule has 2 amide bonds. The minimum Gasteiger partial charge on any atom is -0.465 e. The van der Waals surface area contributed by atoms with Crippen LogP contribution in [0.4, 0.5) is 10.5 Å². The number of carbonyl (C=O) groups is 2. The first-order valence-electron chi connectivity index (χ1n) is 10.3. The minimum absolute atomic E-state index is 0.0478. The summed E-state index contributed by atoms with van der Waals surface area (Å²) in [5.74, 6) is -0.246. The van der Waals surface area contributed by atoms with E-state index in [2.05, 4.69) is 32.1 Å². The molecule has 0 spiro atoms. The van der Waals surface area contributed by atoms with Crippen molar-refractivity contribution in [3.8, 4) is 17.5 Å². The van der Waals surface area contributed by atoms with E-state index in [0.717, 1.165) is 36.9 Å². The molecule has 32 heavy (non-hydrogen) atoms. The van der Waals surface area contributed by atoms with Crippen LogP contribution in [0.1, 0.15) is 41.6 Å². The van der Waals surface area contributed by atoms with Crippen LogP contribution >= 0.6 is 0 Å². The Kier molecular flexibility index (Phi) is 5.89. The van der Waals surface area contributed by atoms with Gasteiger partial charge in [0.15, 0.2) is 0 Å². The first-order chi connectivity index (χ1) is 15.5. The van der Waals surface area contributed by atoms with Crippen molar-refractivity contribution in [1.29, 1.82) is 5.26 Å². The Morgan fingerprint density at radius 1 is 1.16 bits per heavy atom. The molecule has 0 aromatic carbocycles. The Morgan fingerprint density at radius 2 is 1.91 bits per heavy atom. The van der Waals surface area contributed by atoms with Gasteiger partial charge < -0.3 is 21.1 Å². The third-order valence-corrected chi connectivity index (χ3v) is 5.68. The number of pyridine rings is 1. The quantitative estimate of drug-likeness (QED) is 0.484. The second-order valence-electron chi connectivity index (χ2n) is 7.75. The zero-order chi connectivity index (χ0) is 22.7. The van der Waals surface area contributed by atoms with Crippen LogP contribution in [0.3, 0.4) is 0 Å². The van der Waals surface area contributed by atoms with Crippen LogP contribution in [0.15, 0.2) is 36.7 Å². The Balaban J connectivity index is 1.62. The number of carbonyl (C=O) groups excluding carboxylic acids is 1. The lowest BCUT2D eigenvalue weighted by Crippen LogP contribution is -2.39. The van der Waals surface area contributed by atoms with Crippen molar-refractivity contribution in [2.75, 3.05) is 12.4 Å². The van der Waals surface area contributed by atoms with Gasteiger partial charge in [-0.1, -0.05) is 0 Å². The predicted molar refractivity (Wildman–Crippen MR) is 117 cm³/mol. The van der Waals surface area contributed by atoms with Crippen molar-refractivity contribution >= 4 is 23.2 Å². The number of hydrogen-bond donors (Lipinski definition) is 4. The van der Waals surface area contributed by atoms with Crippen LogP contribution < -0.4 is 16.0 Å². The lowest BCUT2D eigenvalue weighted by atomic mass is 9.91. The molecule has 0 radical (unpaired) electrons. The maximum Gasteiger partial charge on any atom is 0.404 e. The molecular formula is C22H23N7O3. The van der Waals surface area contributed by atoms with E-state index in [4.69, 9.17) is 10.4 Å². The molecule has 0 saturated heterocycles. The van der Waals surface area contributed by atoms with Crippen LogP contribution in [0.5, 0.6) is 0 Å². The molecule has 1 fully saturated rings. The van der Waals surface area contributed by atoms with Crippen molar-refractivity contribution in [1.82, 2.24) is 25.2 Å². The molecule has 0 unspecified atom stereocenters. The molecule has 4 rings (SSSR count). The number of anilines is 1. The molecule has 10 nitrogen and oxygen atoms in total. The van der Waals surface area contributed by atoms with Crippen molar-refractivity contribution in [2.45, 2.75) is 37.8 Å². The van der Waals surface area contributed by atoms with Crippen LogP contribution in [0.2, 0.25) is 0 Å². The molecule has 1 aliphatic rings. The van der Waals surface area contributed by atoms with Crippen LogP contribution in [-0.2, 0) is 0 Å². The molecule has 4 N–H and O–H groups in total. The smallest absolute Gasteiger partial charge is 0.404 e. The number of fused-ring (bicyclic) bond motifs is 1. The molecule has 0 atom stereocenters. The number of nitrogens with zero attached hydrogens (tertiary/aromatic N) is 4. The number of amides is 2. The molecule has 1 aliphatic carbocycles. The molecule has 3 aromatic rings. The van der Waals surface area contributed by atoms with Gasteiger partial charge in [-0.2, -0.15) is 10.4 Å². The molecule has 0 aliphatic heterocycles. The van der Waals surface area contributed by atoms with E-state index in [-0.39, 0.29) is 18.0 Å². The molecule has 1 saturated carbocycles. The van der Waals surface area contributed by atoms with Gasteiger partial charge >= 0.3 is 6.09 Å². The molecule has 0 bridgehead atoms. The zero-order valence-electron chi connectivity index (χ0n) is 17.5. The zero-order valence-corrected chi connectivity index (χ0v) is 17.5. The summed E-state index contributed by atoms with van der Waals surface area (Å²) < 4.78 is 1.70. The highest BCUT2D eigenvalue weighted by Crippen LogP contribution is 2.28. The van der Waals surface area contributed by atoms with E-state index < -0.39 is 6.09 Å². The number of nitrogens with one attached hydrogen (secondary N) is 3. The lowest BCUT2D eigenvalue weighted by molar-refractivity contribution is 0.0963. The summed E-state index contributed by atoms with van der Waals surface area (Å²) >= 11 is 0. The van der Waals surface area contributed by atoms with Crippen molar-refractivity contribution in [3.63, 3.8) is 0 Å². The molecule has 3 aromatic heterocycles. The van der Waals surface area contributed by atoms with Crippen molar-refractivity contribution < 1.29 is 14.7 Å². The fourth-order valence-corrected chi connectivity index (χ4v) is 4.06. The summed E-state index contributed by atoms with van der Waals surface area (Å²) in [6, 6.07) is 9.45. The summed E-state index contributed by atoms with van der Waals surface area (Å²) in [7, 11) is 1.57. The average molecular weight is 433 g/mol. The molecule has 164 valence electrons. The minimum atomic E-state index is -1.00. The van der Waals surface area contributed by atoms with Gasteiger partial charge in [0.25, 0.3) is 5.91 Å². The Morgan fingerprint density at radius 3 is 2.59 bits per heavy atom. The summed E-state index contributed by atoms with van der Waals surface area (Å²) in [5.41, 5.74) is 3.72. The summed E-state index contributed by atoms with van der Waals surface area (Å²) in [6.45, 7) is 0. The van der Waals surface area contributed by atoms with Gasteiger partial charge in [-0.05, 0) is 49.9 Å². The number of rotatable bonds is 5. The van der Waals surface area contributed by atoms with Crippen LogP contribution in [0, 0.1) is 11.3 Å². The summed E-state index contributed by atoms with van der Waals surface area (Å²) in [6.07, 6.45) is 5.05. The van der Waals surface area contributed by atoms with Crippen molar-refractivity contribution in [3.05, 3.63) is 47.8 Å². The monoisotopic (exact) mass is 433 g/mol. The molecule has 10 heteroatoms. The highest BCUT2D eigenvalue weighted by atomic mass is 16.4. The number of hydrogen-bond acceptors (Lipinski definition) is 6. The third kappa shape index (κ3) is 4.32. The maximum atomic E-state index is 12.4. The summed E-state index contributed by atoms with van der Waals surface area (Å²) in [4.78, 5) is 27.8. The Bertz CT molecular complexity index is 1210. The van der Waals surface area contributed by atoms with E-state index in [1.165, 1.54) is 12.4 Å². The number of nitriles is 1.